The number of hydrogen-bond donors (Lipinski definition) is 1. The SMILES string of the molecule is Cc1cc(C)cc(OCC(=O)NCCc2ccc(C(C)C)cc2)c1. The van der Waals surface area contributed by atoms with Crippen molar-refractivity contribution in [2.45, 2.75) is 40.0 Å². The van der Waals surface area contributed by atoms with Gasteiger partial charge < -0.3 is 10.1 Å². The van der Waals surface area contributed by atoms with Crippen molar-refractivity contribution in [2.75, 3.05) is 13.2 Å². The fraction of sp³-hybridized carbons (Fsp3) is 0.381. The highest BCUT2D eigenvalue weighted by molar-refractivity contribution is 5.77. The Bertz CT molecular complexity index is 654. The Morgan fingerprint density at radius 2 is 1.67 bits per heavy atom. The molecule has 1 N–H and O–H groups in total. The summed E-state index contributed by atoms with van der Waals surface area (Å²) in [4.78, 5) is 11.9. The molecule has 0 fully saturated rings. The first-order chi connectivity index (χ1) is 11.4. The third kappa shape index (κ3) is 5.73. The Morgan fingerprint density at radius 1 is 1.04 bits per heavy atom. The van der Waals surface area contributed by atoms with Gasteiger partial charge in [0.25, 0.3) is 5.91 Å². The van der Waals surface area contributed by atoms with Gasteiger partial charge in [-0.15, -0.1) is 0 Å². The maximum Gasteiger partial charge on any atom is 0.257 e. The Kier molecular flexibility index (Phi) is 6.42. The van der Waals surface area contributed by atoms with Crippen molar-refractivity contribution < 1.29 is 9.53 Å². The van der Waals surface area contributed by atoms with E-state index in [1.54, 1.807) is 0 Å². The van der Waals surface area contributed by atoms with E-state index >= 15 is 0 Å². The lowest BCUT2D eigenvalue weighted by molar-refractivity contribution is -0.123. The minimum absolute atomic E-state index is 0.0508. The zero-order chi connectivity index (χ0) is 17.5. The molecule has 0 aliphatic heterocycles. The number of nitrogens with one attached hydrogen (secondary N) is 1. The maximum atomic E-state index is 11.9. The summed E-state index contributed by atoms with van der Waals surface area (Å²) in [6.07, 6.45) is 0.827. The lowest BCUT2D eigenvalue weighted by Gasteiger charge is -2.10. The van der Waals surface area contributed by atoms with Gasteiger partial charge in [0.1, 0.15) is 5.75 Å². The largest absolute Gasteiger partial charge is 0.484 e. The molecule has 2 aromatic rings. The molecule has 0 saturated heterocycles. The van der Waals surface area contributed by atoms with Crippen LogP contribution in [-0.2, 0) is 11.2 Å². The van der Waals surface area contributed by atoms with Gasteiger partial charge in [-0.3, -0.25) is 4.79 Å². The second kappa shape index (κ2) is 8.53. The number of hydrogen-bond acceptors (Lipinski definition) is 2. The molecule has 2 aromatic carbocycles. The van der Waals surface area contributed by atoms with Crippen molar-refractivity contribution in [1.82, 2.24) is 5.32 Å². The lowest BCUT2D eigenvalue weighted by atomic mass is 10.0. The summed E-state index contributed by atoms with van der Waals surface area (Å²) in [5.74, 6) is 1.20. The van der Waals surface area contributed by atoms with Crippen LogP contribution in [0.1, 0.15) is 42.0 Å². The molecule has 2 rings (SSSR count). The highest BCUT2D eigenvalue weighted by Gasteiger charge is 2.04. The molecule has 0 aliphatic carbocycles. The average Bonchev–Trinajstić information content (AvgIpc) is 2.52. The Hall–Kier alpha value is -2.29. The summed E-state index contributed by atoms with van der Waals surface area (Å²) in [6.45, 7) is 9.08. The lowest BCUT2D eigenvalue weighted by Crippen LogP contribution is -2.30. The maximum absolute atomic E-state index is 11.9. The molecular formula is C21H27NO2. The van der Waals surface area contributed by atoms with Gasteiger partial charge in [0, 0.05) is 6.54 Å². The van der Waals surface area contributed by atoms with E-state index in [-0.39, 0.29) is 12.5 Å². The van der Waals surface area contributed by atoms with Crippen molar-refractivity contribution in [3.8, 4) is 5.75 Å². The molecule has 0 saturated carbocycles. The normalized spacial score (nSPS) is 10.7. The zero-order valence-corrected chi connectivity index (χ0v) is 15.1. The van der Waals surface area contributed by atoms with Crippen LogP contribution in [-0.4, -0.2) is 19.1 Å². The summed E-state index contributed by atoms with van der Waals surface area (Å²) in [5.41, 5.74) is 4.84. The molecule has 0 heterocycles. The number of aryl methyl sites for hydroxylation is 2. The van der Waals surface area contributed by atoms with E-state index in [0.717, 1.165) is 23.3 Å². The van der Waals surface area contributed by atoms with Crippen LogP contribution in [0, 0.1) is 13.8 Å². The van der Waals surface area contributed by atoms with Crippen LogP contribution in [0.3, 0.4) is 0 Å². The highest BCUT2D eigenvalue weighted by atomic mass is 16.5. The summed E-state index contributed by atoms with van der Waals surface area (Å²) in [6, 6.07) is 14.5. The predicted molar refractivity (Wildman–Crippen MR) is 98.7 cm³/mol. The van der Waals surface area contributed by atoms with Crippen molar-refractivity contribution in [2.24, 2.45) is 0 Å². The van der Waals surface area contributed by atoms with Gasteiger partial charge >= 0.3 is 0 Å². The monoisotopic (exact) mass is 325 g/mol. The first-order valence-electron chi connectivity index (χ1n) is 8.50. The van der Waals surface area contributed by atoms with Crippen molar-refractivity contribution in [3.63, 3.8) is 0 Å². The number of carbonyl (C=O) groups excluding carboxylic acids is 1. The second-order valence-corrected chi connectivity index (χ2v) is 6.61. The van der Waals surface area contributed by atoms with Crippen molar-refractivity contribution in [3.05, 3.63) is 64.7 Å². The first kappa shape index (κ1) is 18.1. The molecule has 0 spiro atoms. The molecule has 0 aromatic heterocycles. The summed E-state index contributed by atoms with van der Waals surface area (Å²) >= 11 is 0. The minimum atomic E-state index is -0.0899. The summed E-state index contributed by atoms with van der Waals surface area (Å²) in [7, 11) is 0. The Morgan fingerprint density at radius 3 is 2.25 bits per heavy atom. The van der Waals surface area contributed by atoms with E-state index in [4.69, 9.17) is 4.74 Å². The van der Waals surface area contributed by atoms with Crippen LogP contribution in [0.25, 0.3) is 0 Å². The third-order valence-corrected chi connectivity index (χ3v) is 3.95. The van der Waals surface area contributed by atoms with E-state index in [9.17, 15) is 4.79 Å². The quantitative estimate of drug-likeness (QED) is 0.830. The number of rotatable bonds is 7. The number of amides is 1. The van der Waals surface area contributed by atoms with Crippen LogP contribution >= 0.6 is 0 Å². The van der Waals surface area contributed by atoms with Gasteiger partial charge in [0.15, 0.2) is 6.61 Å². The molecule has 3 heteroatoms. The topological polar surface area (TPSA) is 38.3 Å². The number of carbonyl (C=O) groups is 1. The van der Waals surface area contributed by atoms with Crippen molar-refractivity contribution in [1.29, 1.82) is 0 Å². The molecule has 0 radical (unpaired) electrons. The fourth-order valence-corrected chi connectivity index (χ4v) is 2.63. The van der Waals surface area contributed by atoms with Gasteiger partial charge in [-0.05, 0) is 60.6 Å². The molecule has 0 unspecified atom stereocenters. The van der Waals surface area contributed by atoms with Crippen LogP contribution in [0.4, 0.5) is 0 Å². The van der Waals surface area contributed by atoms with Crippen LogP contribution < -0.4 is 10.1 Å². The van der Waals surface area contributed by atoms with E-state index in [1.165, 1.54) is 11.1 Å². The van der Waals surface area contributed by atoms with E-state index in [0.29, 0.717) is 12.5 Å². The van der Waals surface area contributed by atoms with E-state index in [2.05, 4.69) is 49.5 Å². The van der Waals surface area contributed by atoms with Crippen molar-refractivity contribution >= 4 is 5.91 Å². The standard InChI is InChI=1S/C21H27NO2/c1-15(2)19-7-5-18(6-8-19)9-10-22-21(23)14-24-20-12-16(3)11-17(4)13-20/h5-8,11-13,15H,9-10,14H2,1-4H3,(H,22,23). The van der Waals surface area contributed by atoms with E-state index < -0.39 is 0 Å². The summed E-state index contributed by atoms with van der Waals surface area (Å²) < 4.78 is 5.56. The summed E-state index contributed by atoms with van der Waals surface area (Å²) in [5, 5.41) is 2.90. The molecule has 1 amide bonds. The second-order valence-electron chi connectivity index (χ2n) is 6.61. The molecular weight excluding hydrogens is 298 g/mol. The average molecular weight is 325 g/mol. The Balaban J connectivity index is 1.73. The fourth-order valence-electron chi connectivity index (χ4n) is 2.63. The van der Waals surface area contributed by atoms with Gasteiger partial charge in [-0.25, -0.2) is 0 Å². The van der Waals surface area contributed by atoms with Crippen LogP contribution in [0.15, 0.2) is 42.5 Å². The van der Waals surface area contributed by atoms with Gasteiger partial charge in [-0.2, -0.15) is 0 Å². The van der Waals surface area contributed by atoms with Gasteiger partial charge in [0.2, 0.25) is 0 Å². The number of ether oxygens (including phenoxy) is 1. The first-order valence-corrected chi connectivity index (χ1v) is 8.50. The molecule has 24 heavy (non-hydrogen) atoms. The van der Waals surface area contributed by atoms with Gasteiger partial charge in [0.05, 0.1) is 0 Å². The smallest absolute Gasteiger partial charge is 0.257 e. The third-order valence-electron chi connectivity index (χ3n) is 3.95. The predicted octanol–water partition coefficient (Wildman–Crippen LogP) is 4.16. The highest BCUT2D eigenvalue weighted by Crippen LogP contribution is 2.16. The molecule has 3 nitrogen and oxygen atoms in total. The minimum Gasteiger partial charge on any atom is -0.484 e. The number of benzene rings is 2. The molecule has 0 aliphatic rings. The van der Waals surface area contributed by atoms with E-state index in [1.807, 2.05) is 26.0 Å². The van der Waals surface area contributed by atoms with Gasteiger partial charge in [-0.1, -0.05) is 44.2 Å². The Labute approximate surface area is 145 Å². The molecule has 128 valence electrons. The van der Waals surface area contributed by atoms with Crippen LogP contribution in [0.2, 0.25) is 0 Å². The molecule has 0 atom stereocenters. The zero-order valence-electron chi connectivity index (χ0n) is 15.1. The molecule has 0 bridgehead atoms. The van der Waals surface area contributed by atoms with Crippen LogP contribution in [0.5, 0.6) is 5.75 Å².